The first-order valence-electron chi connectivity index (χ1n) is 6.89. The molecule has 0 aromatic rings. The molecule has 0 heterocycles. The van der Waals surface area contributed by atoms with Gasteiger partial charge in [-0.15, -0.1) is 0 Å². The Balaban J connectivity index is -0.0000000803. The van der Waals surface area contributed by atoms with Crippen molar-refractivity contribution in [1.82, 2.24) is 5.32 Å². The van der Waals surface area contributed by atoms with E-state index in [0.29, 0.717) is 0 Å². The summed E-state index contributed by atoms with van der Waals surface area (Å²) in [4.78, 5) is 9.44. The number of hydrogen-bond acceptors (Lipinski definition) is 2. The van der Waals surface area contributed by atoms with Gasteiger partial charge in [0.2, 0.25) is 0 Å². The van der Waals surface area contributed by atoms with Gasteiger partial charge in [0.05, 0.1) is 0 Å². The van der Waals surface area contributed by atoms with E-state index in [1.54, 1.807) is 0 Å². The van der Waals surface area contributed by atoms with Crippen LogP contribution in [-0.2, 0) is 4.79 Å². The fourth-order valence-corrected chi connectivity index (χ4v) is 0.750. The Morgan fingerprint density at radius 1 is 0.895 bits per heavy atom. The topological polar surface area (TPSA) is 29.1 Å². The Hall–Kier alpha value is 0.500. The van der Waals surface area contributed by atoms with Crippen LogP contribution in [0.25, 0.3) is 0 Å². The molecular weight excluding hydrogens is 305 g/mol. The number of halogens is 3. The molecule has 19 heavy (non-hydrogen) atoms. The smallest absolute Gasteiger partial charge is 0.180 e. The zero-order chi connectivity index (χ0) is 16.1. The summed E-state index contributed by atoms with van der Waals surface area (Å²) in [7, 11) is 0. The molecule has 0 bridgehead atoms. The van der Waals surface area contributed by atoms with E-state index in [1.165, 1.54) is 39.5 Å². The maximum absolute atomic E-state index is 9.44. The van der Waals surface area contributed by atoms with E-state index in [4.69, 9.17) is 34.8 Å². The third-order valence-corrected chi connectivity index (χ3v) is 1.46. The highest BCUT2D eigenvalue weighted by Gasteiger charge is 1.79. The minimum absolute atomic E-state index is 0.167. The summed E-state index contributed by atoms with van der Waals surface area (Å²) < 4.78 is -0.750. The van der Waals surface area contributed by atoms with Crippen LogP contribution in [-0.4, -0.2) is 23.2 Å². The Bertz CT molecular complexity index is 132. The molecule has 0 aromatic heterocycles. The second-order valence-corrected chi connectivity index (χ2v) is 5.80. The van der Waals surface area contributed by atoms with Crippen LogP contribution >= 0.6 is 34.8 Å². The molecule has 0 aliphatic heterocycles. The first-order valence-corrected chi connectivity index (χ1v) is 8.20. The normalized spacial score (nSPS) is 8.32. The monoisotopic (exact) mass is 335 g/mol. The van der Waals surface area contributed by atoms with Gasteiger partial charge in [0.25, 0.3) is 0 Å². The van der Waals surface area contributed by atoms with Crippen LogP contribution in [0, 0.1) is 0 Å². The van der Waals surface area contributed by atoms with Crippen LogP contribution in [0.3, 0.4) is 0 Å². The summed E-state index contributed by atoms with van der Waals surface area (Å²) in [5.41, 5.74) is 0. The summed E-state index contributed by atoms with van der Waals surface area (Å²) in [6.45, 7) is 13.9. The second-order valence-electron chi connectivity index (χ2n) is 3.82. The van der Waals surface area contributed by atoms with Crippen LogP contribution in [0.2, 0.25) is 0 Å². The van der Waals surface area contributed by atoms with Crippen molar-refractivity contribution in [3.63, 3.8) is 0 Å². The summed E-state index contributed by atoms with van der Waals surface area (Å²) in [6, 6.07) is 0. The molecule has 1 N–H and O–H groups in total. The van der Waals surface area contributed by atoms with Gasteiger partial charge in [-0.3, -0.25) is 0 Å². The predicted octanol–water partition coefficient (Wildman–Crippen LogP) is 5.78. The standard InChI is InChI=1S/C6H14.C4H11N.C3H6O.CHCl3/c1-3-5-6-4-2;1-3-5-4-2;1-3(2)4;2-1(3)4/h3-6H2,1-2H3;5H,3-4H2,1-2H3;1-2H3;1H. The number of carbonyl (C=O) groups is 1. The molecule has 0 amide bonds. The molecule has 0 atom stereocenters. The third kappa shape index (κ3) is 166. The summed E-state index contributed by atoms with van der Waals surface area (Å²) in [5.74, 6) is 0.167. The number of unbranched alkanes of at least 4 members (excludes halogenated alkanes) is 3. The maximum atomic E-state index is 9.44. The molecule has 120 valence electrons. The molecule has 0 aliphatic rings. The van der Waals surface area contributed by atoms with E-state index < -0.39 is 4.30 Å². The van der Waals surface area contributed by atoms with Gasteiger partial charge in [-0.25, -0.2) is 0 Å². The van der Waals surface area contributed by atoms with Gasteiger partial charge in [0, 0.05) is 0 Å². The molecule has 0 unspecified atom stereocenters. The number of alkyl halides is 3. The lowest BCUT2D eigenvalue weighted by Crippen LogP contribution is -2.09. The van der Waals surface area contributed by atoms with Gasteiger partial charge < -0.3 is 10.1 Å². The highest BCUT2D eigenvalue weighted by molar-refractivity contribution is 6.63. The van der Waals surface area contributed by atoms with Crippen molar-refractivity contribution in [2.75, 3.05) is 13.1 Å². The van der Waals surface area contributed by atoms with E-state index in [1.807, 2.05) is 0 Å². The van der Waals surface area contributed by atoms with Gasteiger partial charge in [-0.2, -0.15) is 0 Å². The highest BCUT2D eigenvalue weighted by Crippen LogP contribution is 2.03. The molecule has 0 spiro atoms. The van der Waals surface area contributed by atoms with E-state index in [-0.39, 0.29) is 5.78 Å². The first-order chi connectivity index (χ1) is 8.79. The molecule has 5 heteroatoms. The van der Waals surface area contributed by atoms with Crippen molar-refractivity contribution < 1.29 is 4.79 Å². The fourth-order valence-electron chi connectivity index (χ4n) is 0.750. The SMILES string of the molecule is CC(C)=O.CCCCCC.CCNCC.ClC(Cl)Cl. The minimum Gasteiger partial charge on any atom is -0.317 e. The van der Waals surface area contributed by atoms with Crippen LogP contribution < -0.4 is 5.32 Å². The predicted molar refractivity (Wildman–Crippen MR) is 91.7 cm³/mol. The third-order valence-electron chi connectivity index (χ3n) is 1.46. The van der Waals surface area contributed by atoms with Crippen LogP contribution in [0.4, 0.5) is 0 Å². The van der Waals surface area contributed by atoms with Crippen molar-refractivity contribution in [1.29, 1.82) is 0 Å². The van der Waals surface area contributed by atoms with Crippen molar-refractivity contribution >= 4 is 40.6 Å². The zero-order valence-corrected chi connectivity index (χ0v) is 15.6. The van der Waals surface area contributed by atoms with Gasteiger partial charge in [-0.1, -0.05) is 88.2 Å². The molecule has 2 nitrogen and oxygen atoms in total. The van der Waals surface area contributed by atoms with E-state index in [9.17, 15) is 4.79 Å². The fraction of sp³-hybridized carbons (Fsp3) is 0.929. The Kier molecular flexibility index (Phi) is 45.5. The van der Waals surface area contributed by atoms with Crippen molar-refractivity contribution in [2.45, 2.75) is 71.5 Å². The second kappa shape index (κ2) is 31.1. The molecule has 0 rings (SSSR count). The van der Waals surface area contributed by atoms with E-state index >= 15 is 0 Å². The number of carbonyl (C=O) groups excluding carboxylic acids is 1. The molecule has 0 saturated carbocycles. The lowest BCUT2D eigenvalue weighted by atomic mass is 10.2. The van der Waals surface area contributed by atoms with Crippen molar-refractivity contribution in [3.05, 3.63) is 0 Å². The van der Waals surface area contributed by atoms with E-state index in [0.717, 1.165) is 13.1 Å². The maximum Gasteiger partial charge on any atom is 0.180 e. The number of hydrogen-bond donors (Lipinski definition) is 1. The summed E-state index contributed by atoms with van der Waals surface area (Å²) in [6.07, 6.45) is 5.54. The largest absolute Gasteiger partial charge is 0.317 e. The molecule has 0 fully saturated rings. The van der Waals surface area contributed by atoms with Gasteiger partial charge in [0.15, 0.2) is 4.30 Å². The Morgan fingerprint density at radius 2 is 1.11 bits per heavy atom. The molecule has 0 aliphatic carbocycles. The highest BCUT2D eigenvalue weighted by atomic mass is 35.6. The van der Waals surface area contributed by atoms with Gasteiger partial charge in [-0.05, 0) is 26.9 Å². The minimum atomic E-state index is -0.750. The summed E-state index contributed by atoms with van der Waals surface area (Å²) in [5, 5.41) is 3.11. The first kappa shape index (κ1) is 27.8. The lowest BCUT2D eigenvalue weighted by Gasteiger charge is -1.86. The molecule has 0 aromatic carbocycles. The zero-order valence-electron chi connectivity index (χ0n) is 13.4. The number of Topliss-reactive ketones (excluding diaryl/α,β-unsaturated/α-hetero) is 1. The van der Waals surface area contributed by atoms with Gasteiger partial charge >= 0.3 is 0 Å². The molecular formula is C14H32Cl3NO. The quantitative estimate of drug-likeness (QED) is 0.509. The number of ketones is 1. The lowest BCUT2D eigenvalue weighted by molar-refractivity contribution is -0.114. The molecule has 0 saturated heterocycles. The van der Waals surface area contributed by atoms with Crippen LogP contribution in [0.1, 0.15) is 67.2 Å². The summed E-state index contributed by atoms with van der Waals surface area (Å²) >= 11 is 14.4. The Labute approximate surface area is 135 Å². The van der Waals surface area contributed by atoms with Gasteiger partial charge in [0.1, 0.15) is 5.78 Å². The van der Waals surface area contributed by atoms with Crippen molar-refractivity contribution in [2.24, 2.45) is 0 Å². The Morgan fingerprint density at radius 3 is 1.16 bits per heavy atom. The average Bonchev–Trinajstić information content (AvgIpc) is 2.27. The van der Waals surface area contributed by atoms with Crippen LogP contribution in [0.15, 0.2) is 0 Å². The van der Waals surface area contributed by atoms with Crippen molar-refractivity contribution in [3.8, 4) is 0 Å². The average molecular weight is 337 g/mol. The number of rotatable bonds is 5. The molecule has 0 radical (unpaired) electrons. The van der Waals surface area contributed by atoms with E-state index in [2.05, 4.69) is 33.0 Å². The van der Waals surface area contributed by atoms with Crippen LogP contribution in [0.5, 0.6) is 0 Å². The number of nitrogens with one attached hydrogen (secondary N) is 1.